The van der Waals surface area contributed by atoms with Gasteiger partial charge < -0.3 is 5.32 Å². The normalized spacial score (nSPS) is 12.4. The summed E-state index contributed by atoms with van der Waals surface area (Å²) >= 11 is 0. The van der Waals surface area contributed by atoms with Crippen molar-refractivity contribution < 1.29 is 13.2 Å². The molecule has 4 heteroatoms. The summed E-state index contributed by atoms with van der Waals surface area (Å²) in [5.74, 6) is -2.26. The predicted molar refractivity (Wildman–Crippen MR) is 73.0 cm³/mol. The van der Waals surface area contributed by atoms with Crippen LogP contribution in [0.2, 0.25) is 0 Å². The van der Waals surface area contributed by atoms with Gasteiger partial charge in [-0.15, -0.1) is 0 Å². The molecule has 1 atom stereocenters. The Hall–Kier alpha value is -1.81. The smallest absolute Gasteiger partial charge is 0.164 e. The molecule has 2 aromatic carbocycles. The molecule has 1 N–H and O–H groups in total. The van der Waals surface area contributed by atoms with Crippen LogP contribution < -0.4 is 5.32 Å². The first kappa shape index (κ1) is 14.6. The summed E-state index contributed by atoms with van der Waals surface area (Å²) in [6, 6.07) is 8.39. The van der Waals surface area contributed by atoms with Crippen molar-refractivity contribution in [1.29, 1.82) is 0 Å². The van der Waals surface area contributed by atoms with Crippen molar-refractivity contribution >= 4 is 0 Å². The van der Waals surface area contributed by atoms with Crippen LogP contribution in [0.25, 0.3) is 0 Å². The van der Waals surface area contributed by atoms with Gasteiger partial charge in [0.05, 0.1) is 6.04 Å². The minimum absolute atomic E-state index is 0.111. The van der Waals surface area contributed by atoms with Crippen LogP contribution in [0.1, 0.15) is 29.7 Å². The van der Waals surface area contributed by atoms with Gasteiger partial charge in [0.25, 0.3) is 0 Å². The minimum atomic E-state index is -0.931. The van der Waals surface area contributed by atoms with Crippen LogP contribution in [0.15, 0.2) is 36.4 Å². The highest BCUT2D eigenvalue weighted by Crippen LogP contribution is 2.28. The summed E-state index contributed by atoms with van der Waals surface area (Å²) in [6.45, 7) is 3.83. The second kappa shape index (κ2) is 6.09. The molecule has 0 aromatic heterocycles. The van der Waals surface area contributed by atoms with Crippen LogP contribution in [0.4, 0.5) is 13.2 Å². The molecule has 20 heavy (non-hydrogen) atoms. The first-order valence-corrected chi connectivity index (χ1v) is 6.48. The van der Waals surface area contributed by atoms with Crippen molar-refractivity contribution in [2.45, 2.75) is 19.9 Å². The maximum Gasteiger partial charge on any atom is 0.164 e. The largest absolute Gasteiger partial charge is 0.306 e. The van der Waals surface area contributed by atoms with E-state index in [9.17, 15) is 13.2 Å². The molecule has 0 saturated carbocycles. The molecule has 0 radical (unpaired) electrons. The van der Waals surface area contributed by atoms with Gasteiger partial charge >= 0.3 is 0 Å². The highest BCUT2D eigenvalue weighted by Gasteiger charge is 2.22. The second-order valence-corrected chi connectivity index (χ2v) is 4.61. The fourth-order valence-corrected chi connectivity index (χ4v) is 2.18. The van der Waals surface area contributed by atoms with E-state index in [1.165, 1.54) is 25.1 Å². The Labute approximate surface area is 116 Å². The van der Waals surface area contributed by atoms with Crippen molar-refractivity contribution in [3.05, 3.63) is 70.5 Å². The third-order valence-corrected chi connectivity index (χ3v) is 3.24. The van der Waals surface area contributed by atoms with E-state index in [4.69, 9.17) is 0 Å². The number of hydrogen-bond donors (Lipinski definition) is 1. The van der Waals surface area contributed by atoms with Gasteiger partial charge in [0, 0.05) is 11.1 Å². The van der Waals surface area contributed by atoms with Crippen LogP contribution in [0, 0.1) is 24.4 Å². The Kier molecular flexibility index (Phi) is 4.45. The van der Waals surface area contributed by atoms with E-state index in [2.05, 4.69) is 5.32 Å². The molecule has 0 saturated heterocycles. The average molecular weight is 279 g/mol. The van der Waals surface area contributed by atoms with Gasteiger partial charge in [-0.05, 0) is 25.1 Å². The van der Waals surface area contributed by atoms with E-state index in [0.717, 1.165) is 0 Å². The van der Waals surface area contributed by atoms with Crippen LogP contribution >= 0.6 is 0 Å². The summed E-state index contributed by atoms with van der Waals surface area (Å²) in [7, 11) is 0. The number of aryl methyl sites for hydroxylation is 1. The highest BCUT2D eigenvalue weighted by molar-refractivity contribution is 5.36. The van der Waals surface area contributed by atoms with E-state index < -0.39 is 23.5 Å². The Balaban J connectivity index is 2.55. The van der Waals surface area contributed by atoms with E-state index in [0.29, 0.717) is 12.1 Å². The standard InChI is InChI=1S/C16H16F3N/c1-3-20-16(11-6-4-5-7-13(11)17)12-9-8-10(2)14(18)15(12)19/h4-9,16,20H,3H2,1-2H3. The van der Waals surface area contributed by atoms with Crippen LogP contribution in [0.5, 0.6) is 0 Å². The van der Waals surface area contributed by atoms with Crippen LogP contribution in [-0.4, -0.2) is 6.54 Å². The molecule has 0 fully saturated rings. The maximum absolute atomic E-state index is 14.1. The van der Waals surface area contributed by atoms with Crippen molar-refractivity contribution in [1.82, 2.24) is 5.32 Å². The van der Waals surface area contributed by atoms with Gasteiger partial charge in [0.2, 0.25) is 0 Å². The number of nitrogens with one attached hydrogen (secondary N) is 1. The summed E-state index contributed by atoms with van der Waals surface area (Å²) in [5.41, 5.74) is 0.645. The fourth-order valence-electron chi connectivity index (χ4n) is 2.18. The topological polar surface area (TPSA) is 12.0 Å². The van der Waals surface area contributed by atoms with Gasteiger partial charge in [0.15, 0.2) is 11.6 Å². The lowest BCUT2D eigenvalue weighted by Gasteiger charge is -2.20. The molecule has 0 bridgehead atoms. The molecule has 0 aliphatic rings. The number of halogens is 3. The number of rotatable bonds is 4. The van der Waals surface area contributed by atoms with E-state index >= 15 is 0 Å². The van der Waals surface area contributed by atoms with Crippen molar-refractivity contribution in [2.75, 3.05) is 6.54 Å². The van der Waals surface area contributed by atoms with Crippen molar-refractivity contribution in [2.24, 2.45) is 0 Å². The Bertz CT molecular complexity index is 611. The van der Waals surface area contributed by atoms with Gasteiger partial charge in [0.1, 0.15) is 5.82 Å². The minimum Gasteiger partial charge on any atom is -0.306 e. The van der Waals surface area contributed by atoms with Crippen LogP contribution in [-0.2, 0) is 0 Å². The molecule has 0 spiro atoms. The van der Waals surface area contributed by atoms with E-state index in [1.54, 1.807) is 18.2 Å². The first-order chi connectivity index (χ1) is 9.56. The molecule has 1 nitrogen and oxygen atoms in total. The molecular formula is C16H16F3N. The van der Waals surface area contributed by atoms with Gasteiger partial charge in [-0.3, -0.25) is 0 Å². The Morgan fingerprint density at radius 2 is 1.65 bits per heavy atom. The third-order valence-electron chi connectivity index (χ3n) is 3.24. The lowest BCUT2D eigenvalue weighted by Crippen LogP contribution is -2.24. The molecule has 1 unspecified atom stereocenters. The molecule has 0 amide bonds. The molecular weight excluding hydrogens is 263 g/mol. The zero-order chi connectivity index (χ0) is 14.7. The maximum atomic E-state index is 14.1. The number of benzene rings is 2. The van der Waals surface area contributed by atoms with Gasteiger partial charge in [-0.2, -0.15) is 0 Å². The number of hydrogen-bond acceptors (Lipinski definition) is 1. The van der Waals surface area contributed by atoms with E-state index in [-0.39, 0.29) is 11.1 Å². The zero-order valence-corrected chi connectivity index (χ0v) is 11.4. The summed E-state index contributed by atoms with van der Waals surface area (Å²) in [5, 5.41) is 3.00. The molecule has 106 valence electrons. The summed E-state index contributed by atoms with van der Waals surface area (Å²) < 4.78 is 41.7. The Morgan fingerprint density at radius 3 is 2.30 bits per heavy atom. The molecule has 2 aromatic rings. The molecule has 0 aliphatic carbocycles. The average Bonchev–Trinajstić information content (AvgIpc) is 2.44. The summed E-state index contributed by atoms with van der Waals surface area (Å²) in [4.78, 5) is 0. The third kappa shape index (κ3) is 2.70. The molecule has 0 heterocycles. The van der Waals surface area contributed by atoms with Crippen molar-refractivity contribution in [3.8, 4) is 0 Å². The predicted octanol–water partition coefficient (Wildman–Crippen LogP) is 4.11. The first-order valence-electron chi connectivity index (χ1n) is 6.48. The Morgan fingerprint density at radius 1 is 0.950 bits per heavy atom. The monoisotopic (exact) mass is 279 g/mol. The zero-order valence-electron chi connectivity index (χ0n) is 11.4. The molecule has 0 aliphatic heterocycles. The SMILES string of the molecule is CCNC(c1ccccc1F)c1ccc(C)c(F)c1F. The fraction of sp³-hybridized carbons (Fsp3) is 0.250. The van der Waals surface area contributed by atoms with Crippen LogP contribution in [0.3, 0.4) is 0 Å². The summed E-state index contributed by atoms with van der Waals surface area (Å²) in [6.07, 6.45) is 0. The van der Waals surface area contributed by atoms with E-state index in [1.807, 2.05) is 6.92 Å². The van der Waals surface area contributed by atoms with Crippen molar-refractivity contribution in [3.63, 3.8) is 0 Å². The lowest BCUT2D eigenvalue weighted by molar-refractivity contribution is 0.473. The van der Waals surface area contributed by atoms with Gasteiger partial charge in [-0.1, -0.05) is 37.3 Å². The lowest BCUT2D eigenvalue weighted by atomic mass is 9.96. The quantitative estimate of drug-likeness (QED) is 0.888. The highest BCUT2D eigenvalue weighted by atomic mass is 19.2. The second-order valence-electron chi connectivity index (χ2n) is 4.61. The van der Waals surface area contributed by atoms with Gasteiger partial charge in [-0.25, -0.2) is 13.2 Å². The molecule has 2 rings (SSSR count).